The zero-order valence-electron chi connectivity index (χ0n) is 15.8. The summed E-state index contributed by atoms with van der Waals surface area (Å²) < 4.78 is 22.8. The molecule has 0 saturated heterocycles. The Kier molecular flexibility index (Phi) is 5.30. The number of fused-ring (bicyclic) bond motifs is 1. The molecule has 28 heavy (non-hydrogen) atoms. The minimum atomic E-state index is -3.71. The second-order valence-electron chi connectivity index (χ2n) is 7.71. The fraction of sp³-hybridized carbons (Fsp3) is 0.450. The number of rotatable bonds is 6. The third-order valence-corrected chi connectivity index (χ3v) is 7.55. The molecular weight excluding hydrogens is 394 g/mol. The fourth-order valence-corrected chi connectivity index (χ4v) is 5.47. The van der Waals surface area contributed by atoms with Crippen molar-refractivity contribution in [2.75, 3.05) is 13.1 Å². The van der Waals surface area contributed by atoms with Crippen molar-refractivity contribution in [1.29, 1.82) is 0 Å². The van der Waals surface area contributed by atoms with Crippen molar-refractivity contribution < 1.29 is 13.2 Å². The summed E-state index contributed by atoms with van der Waals surface area (Å²) in [6.07, 6.45) is 3.49. The molecule has 1 saturated carbocycles. The van der Waals surface area contributed by atoms with Gasteiger partial charge in [-0.3, -0.25) is 9.69 Å². The molecular formula is C20H25N3O3S2. The lowest BCUT2D eigenvalue weighted by atomic mass is 9.96. The van der Waals surface area contributed by atoms with Crippen molar-refractivity contribution in [3.63, 3.8) is 0 Å². The van der Waals surface area contributed by atoms with Gasteiger partial charge in [-0.25, -0.2) is 13.6 Å². The van der Waals surface area contributed by atoms with Gasteiger partial charge < -0.3 is 5.32 Å². The molecule has 0 unspecified atom stereocenters. The number of hydrogen-bond donors (Lipinski definition) is 2. The van der Waals surface area contributed by atoms with E-state index in [4.69, 9.17) is 5.14 Å². The van der Waals surface area contributed by atoms with E-state index in [0.717, 1.165) is 18.5 Å². The van der Waals surface area contributed by atoms with Crippen molar-refractivity contribution in [2.45, 2.75) is 43.2 Å². The molecule has 1 aromatic heterocycles. The highest BCUT2D eigenvalue weighted by molar-refractivity contribution is 7.89. The Morgan fingerprint density at radius 2 is 2.00 bits per heavy atom. The Morgan fingerprint density at radius 3 is 2.64 bits per heavy atom. The molecule has 0 spiro atoms. The van der Waals surface area contributed by atoms with Crippen LogP contribution in [0.1, 0.15) is 47.9 Å². The highest BCUT2D eigenvalue weighted by atomic mass is 32.2. The van der Waals surface area contributed by atoms with Gasteiger partial charge in [0, 0.05) is 17.5 Å². The summed E-state index contributed by atoms with van der Waals surface area (Å²) in [6, 6.07) is 8.71. The van der Waals surface area contributed by atoms with Gasteiger partial charge in [0.05, 0.1) is 17.5 Å². The van der Waals surface area contributed by atoms with Gasteiger partial charge in [0.15, 0.2) is 0 Å². The minimum Gasteiger partial charge on any atom is -0.348 e. The van der Waals surface area contributed by atoms with Crippen molar-refractivity contribution >= 4 is 27.3 Å². The molecule has 2 aromatic rings. The van der Waals surface area contributed by atoms with Crippen LogP contribution in [-0.4, -0.2) is 32.3 Å². The van der Waals surface area contributed by atoms with E-state index in [1.54, 1.807) is 12.1 Å². The molecule has 1 aromatic carbocycles. The summed E-state index contributed by atoms with van der Waals surface area (Å²) in [5, 5.41) is 10.3. The first kappa shape index (κ1) is 19.6. The smallest absolute Gasteiger partial charge is 0.238 e. The van der Waals surface area contributed by atoms with E-state index >= 15 is 0 Å². The summed E-state index contributed by atoms with van der Waals surface area (Å²) in [5.41, 5.74) is 2.26. The van der Waals surface area contributed by atoms with E-state index in [1.165, 1.54) is 35.4 Å². The van der Waals surface area contributed by atoms with Gasteiger partial charge in [-0.1, -0.05) is 12.1 Å². The summed E-state index contributed by atoms with van der Waals surface area (Å²) in [4.78, 5) is 16.6. The van der Waals surface area contributed by atoms with E-state index < -0.39 is 10.0 Å². The first-order valence-corrected chi connectivity index (χ1v) is 12.0. The Hall–Kier alpha value is -1.74. The van der Waals surface area contributed by atoms with Crippen LogP contribution < -0.4 is 10.5 Å². The third-order valence-electron chi connectivity index (χ3n) is 5.62. The van der Waals surface area contributed by atoms with Crippen LogP contribution in [0.2, 0.25) is 0 Å². The van der Waals surface area contributed by atoms with E-state index in [-0.39, 0.29) is 16.8 Å². The molecule has 1 amide bonds. The second-order valence-corrected chi connectivity index (χ2v) is 10.3. The third kappa shape index (κ3) is 4.15. The first-order valence-electron chi connectivity index (χ1n) is 9.55. The van der Waals surface area contributed by atoms with Crippen molar-refractivity contribution in [2.24, 2.45) is 11.1 Å². The quantitative estimate of drug-likeness (QED) is 0.753. The Balaban J connectivity index is 1.40. The summed E-state index contributed by atoms with van der Waals surface area (Å²) in [5.74, 6) is 0.664. The predicted octanol–water partition coefficient (Wildman–Crippen LogP) is 2.58. The van der Waals surface area contributed by atoms with Gasteiger partial charge in [0.25, 0.3) is 0 Å². The number of sulfonamides is 1. The molecule has 1 aliphatic carbocycles. The largest absolute Gasteiger partial charge is 0.348 e. The molecule has 1 aliphatic heterocycles. The lowest BCUT2D eigenvalue weighted by molar-refractivity contribution is -0.123. The summed E-state index contributed by atoms with van der Waals surface area (Å²) >= 11 is 1.83. The average molecular weight is 420 g/mol. The lowest BCUT2D eigenvalue weighted by Gasteiger charge is -2.36. The topological polar surface area (TPSA) is 92.5 Å². The average Bonchev–Trinajstić information content (AvgIpc) is 3.37. The molecule has 2 atom stereocenters. The fourth-order valence-electron chi connectivity index (χ4n) is 4.04. The van der Waals surface area contributed by atoms with Crippen LogP contribution >= 0.6 is 11.3 Å². The first-order chi connectivity index (χ1) is 13.3. The Bertz CT molecular complexity index is 965. The van der Waals surface area contributed by atoms with Crippen LogP contribution in [0.4, 0.5) is 0 Å². The number of hydrogen-bond acceptors (Lipinski definition) is 5. The Labute approximate surface area is 169 Å². The number of amides is 1. The molecule has 1 fully saturated rings. The molecule has 8 heteroatoms. The normalized spacial score (nSPS) is 21.1. The summed E-state index contributed by atoms with van der Waals surface area (Å²) in [6.45, 7) is 3.20. The van der Waals surface area contributed by atoms with E-state index in [0.29, 0.717) is 18.5 Å². The number of carbonyl (C=O) groups excluding carboxylic acids is 1. The molecule has 4 rings (SSSR count). The second kappa shape index (κ2) is 7.59. The number of primary sulfonamides is 1. The molecule has 3 N–H and O–H groups in total. The molecule has 2 heterocycles. The maximum Gasteiger partial charge on any atom is 0.238 e. The van der Waals surface area contributed by atoms with Crippen LogP contribution in [0.3, 0.4) is 0 Å². The zero-order valence-corrected chi connectivity index (χ0v) is 17.4. The maximum absolute atomic E-state index is 12.7. The van der Waals surface area contributed by atoms with Crippen LogP contribution in [0, 0.1) is 5.92 Å². The molecule has 0 radical (unpaired) electrons. The van der Waals surface area contributed by atoms with Crippen molar-refractivity contribution in [3.8, 4) is 0 Å². The SMILES string of the molecule is C[C@@H](NC(=O)CN1CCc2sccc2[C@@H]1C1CC1)c1ccc(S(N)(=O)=O)cc1. The van der Waals surface area contributed by atoms with E-state index in [1.807, 2.05) is 18.3 Å². The molecule has 6 nitrogen and oxygen atoms in total. The van der Waals surface area contributed by atoms with Crippen LogP contribution in [0.15, 0.2) is 40.6 Å². The number of nitrogens with zero attached hydrogens (tertiary/aromatic N) is 1. The van der Waals surface area contributed by atoms with Gasteiger partial charge in [0.1, 0.15) is 0 Å². The monoisotopic (exact) mass is 419 g/mol. The Morgan fingerprint density at radius 1 is 1.29 bits per heavy atom. The lowest BCUT2D eigenvalue weighted by Crippen LogP contribution is -2.43. The summed E-state index contributed by atoms with van der Waals surface area (Å²) in [7, 11) is -3.71. The van der Waals surface area contributed by atoms with Crippen molar-refractivity contribution in [1.82, 2.24) is 10.2 Å². The number of nitrogens with one attached hydrogen (secondary N) is 1. The highest BCUT2D eigenvalue weighted by Gasteiger charge is 2.40. The minimum absolute atomic E-state index is 0.00708. The van der Waals surface area contributed by atoms with Gasteiger partial charge in [-0.2, -0.15) is 0 Å². The standard InChI is InChI=1S/C20H25N3O3S2/c1-13(14-4-6-16(7-5-14)28(21,25)26)22-19(24)12-23-10-8-18-17(9-11-27-18)20(23)15-2-3-15/h4-7,9,11,13,15,20H,2-3,8,10,12H2,1H3,(H,22,24)(H2,21,25,26)/t13-,20+/m1/s1. The number of benzene rings is 1. The molecule has 2 aliphatic rings. The number of nitrogens with two attached hydrogens (primary N) is 1. The van der Waals surface area contributed by atoms with Gasteiger partial charge in [-0.15, -0.1) is 11.3 Å². The van der Waals surface area contributed by atoms with E-state index in [2.05, 4.69) is 21.7 Å². The number of carbonyl (C=O) groups is 1. The van der Waals surface area contributed by atoms with Crippen LogP contribution in [-0.2, 0) is 21.2 Å². The van der Waals surface area contributed by atoms with Gasteiger partial charge in [-0.05, 0) is 66.8 Å². The van der Waals surface area contributed by atoms with Crippen LogP contribution in [0.25, 0.3) is 0 Å². The van der Waals surface area contributed by atoms with Crippen molar-refractivity contribution in [3.05, 3.63) is 51.7 Å². The number of thiophene rings is 1. The zero-order chi connectivity index (χ0) is 19.9. The van der Waals surface area contributed by atoms with Gasteiger partial charge in [0.2, 0.25) is 15.9 Å². The van der Waals surface area contributed by atoms with Crippen LogP contribution in [0.5, 0.6) is 0 Å². The highest BCUT2D eigenvalue weighted by Crippen LogP contribution is 2.48. The van der Waals surface area contributed by atoms with E-state index in [9.17, 15) is 13.2 Å². The van der Waals surface area contributed by atoms with Gasteiger partial charge >= 0.3 is 0 Å². The maximum atomic E-state index is 12.7. The molecule has 0 bridgehead atoms. The molecule has 150 valence electrons. The predicted molar refractivity (Wildman–Crippen MR) is 109 cm³/mol.